The first-order chi connectivity index (χ1) is 9.42. The van der Waals surface area contributed by atoms with Gasteiger partial charge >= 0.3 is 5.97 Å². The normalized spacial score (nSPS) is 13.7. The summed E-state index contributed by atoms with van der Waals surface area (Å²) in [6.07, 6.45) is -2.09. The van der Waals surface area contributed by atoms with Gasteiger partial charge in [-0.1, -0.05) is 11.6 Å². The Morgan fingerprint density at radius 1 is 1.40 bits per heavy atom. The summed E-state index contributed by atoms with van der Waals surface area (Å²) in [5, 5.41) is -0.0339. The van der Waals surface area contributed by atoms with Gasteiger partial charge in [0.15, 0.2) is 11.6 Å². The number of esters is 1. The molecule has 20 heavy (non-hydrogen) atoms. The van der Waals surface area contributed by atoms with Gasteiger partial charge in [-0.25, -0.2) is 13.6 Å². The van der Waals surface area contributed by atoms with E-state index in [1.54, 1.807) is 13.8 Å². The lowest BCUT2D eigenvalue weighted by Crippen LogP contribution is -2.31. The van der Waals surface area contributed by atoms with Crippen molar-refractivity contribution >= 4 is 17.6 Å². The largest absolute Gasteiger partial charge is 0.489 e. The van der Waals surface area contributed by atoms with E-state index in [0.717, 1.165) is 6.07 Å². The second-order valence-corrected chi connectivity index (χ2v) is 4.33. The van der Waals surface area contributed by atoms with Crippen molar-refractivity contribution in [1.82, 2.24) is 0 Å². The van der Waals surface area contributed by atoms with Gasteiger partial charge in [0.1, 0.15) is 0 Å². The zero-order valence-corrected chi connectivity index (χ0v) is 11.9. The summed E-state index contributed by atoms with van der Waals surface area (Å²) in [6, 6.07) is 0.899. The van der Waals surface area contributed by atoms with E-state index in [9.17, 15) is 13.6 Å². The number of hydrogen-bond donors (Lipinski definition) is 1. The minimum absolute atomic E-state index is 0.0321. The monoisotopic (exact) mass is 307 g/mol. The summed E-state index contributed by atoms with van der Waals surface area (Å²) in [5.74, 6) is -1.98. The third-order valence-electron chi connectivity index (χ3n) is 2.52. The minimum Gasteiger partial charge on any atom is -0.489 e. The molecule has 1 rings (SSSR count). The lowest BCUT2D eigenvalue weighted by molar-refractivity contribution is -0.149. The van der Waals surface area contributed by atoms with E-state index in [-0.39, 0.29) is 29.5 Å². The van der Waals surface area contributed by atoms with Crippen LogP contribution in [-0.2, 0) is 9.53 Å². The van der Waals surface area contributed by atoms with Crippen LogP contribution in [0.15, 0.2) is 12.1 Å². The molecule has 112 valence electrons. The van der Waals surface area contributed by atoms with Gasteiger partial charge in [0, 0.05) is 0 Å². The van der Waals surface area contributed by atoms with E-state index in [4.69, 9.17) is 22.1 Å². The van der Waals surface area contributed by atoms with Crippen LogP contribution in [0.3, 0.4) is 0 Å². The van der Waals surface area contributed by atoms with Gasteiger partial charge in [0.05, 0.1) is 24.3 Å². The van der Waals surface area contributed by atoms with Crippen LogP contribution in [-0.4, -0.2) is 25.4 Å². The number of carbonyl (C=O) groups is 1. The maximum absolute atomic E-state index is 13.8. The molecular weight excluding hydrogens is 292 g/mol. The summed E-state index contributed by atoms with van der Waals surface area (Å²) in [7, 11) is 0. The molecule has 0 amide bonds. The fraction of sp³-hybridized carbons (Fsp3) is 0.462. The molecule has 1 aromatic carbocycles. The first kappa shape index (κ1) is 16.7. The Morgan fingerprint density at radius 2 is 2.05 bits per heavy atom. The summed E-state index contributed by atoms with van der Waals surface area (Å²) < 4.78 is 37.1. The summed E-state index contributed by atoms with van der Waals surface area (Å²) in [6.45, 7) is 3.48. The fourth-order valence-electron chi connectivity index (χ4n) is 1.59. The zero-order valence-electron chi connectivity index (χ0n) is 11.2. The van der Waals surface area contributed by atoms with E-state index in [0.29, 0.717) is 0 Å². The smallest absolute Gasteiger partial charge is 0.342 e. The molecule has 1 unspecified atom stereocenters. The molecule has 0 aliphatic carbocycles. The molecule has 0 aliphatic heterocycles. The molecule has 2 N–H and O–H groups in total. The Hall–Kier alpha value is -1.40. The van der Waals surface area contributed by atoms with Crippen molar-refractivity contribution in [3.05, 3.63) is 28.5 Å². The Morgan fingerprint density at radius 3 is 2.55 bits per heavy atom. The second kappa shape index (κ2) is 7.40. The van der Waals surface area contributed by atoms with E-state index in [1.807, 2.05) is 0 Å². The van der Waals surface area contributed by atoms with E-state index in [1.165, 1.54) is 6.07 Å². The van der Waals surface area contributed by atoms with E-state index in [2.05, 4.69) is 4.74 Å². The Balaban J connectivity index is 2.99. The SMILES string of the molecule is CCOC(=O)C(F)[C@@H](N)c1cc(F)c(OCC)c(Cl)c1. The number of halogens is 3. The van der Waals surface area contributed by atoms with Crippen molar-refractivity contribution in [1.29, 1.82) is 0 Å². The lowest BCUT2D eigenvalue weighted by atomic mass is 10.0. The average molecular weight is 308 g/mol. The first-order valence-corrected chi connectivity index (χ1v) is 6.48. The highest BCUT2D eigenvalue weighted by atomic mass is 35.5. The second-order valence-electron chi connectivity index (χ2n) is 3.93. The van der Waals surface area contributed by atoms with Gasteiger partial charge in [-0.3, -0.25) is 0 Å². The molecule has 1 aromatic rings. The van der Waals surface area contributed by atoms with Crippen LogP contribution >= 0.6 is 11.6 Å². The molecule has 0 saturated carbocycles. The summed E-state index contributed by atoms with van der Waals surface area (Å²) >= 11 is 5.84. The molecule has 0 bridgehead atoms. The topological polar surface area (TPSA) is 61.5 Å². The third kappa shape index (κ3) is 3.80. The highest BCUT2D eigenvalue weighted by Crippen LogP contribution is 2.32. The lowest BCUT2D eigenvalue weighted by Gasteiger charge is -2.17. The summed E-state index contributed by atoms with van der Waals surface area (Å²) in [5.41, 5.74) is 5.64. The highest BCUT2D eigenvalue weighted by Gasteiger charge is 2.29. The molecule has 0 heterocycles. The van der Waals surface area contributed by atoms with Gasteiger partial charge in [-0.15, -0.1) is 0 Å². The van der Waals surface area contributed by atoms with Crippen molar-refractivity contribution in [3.63, 3.8) is 0 Å². The molecule has 7 heteroatoms. The predicted octanol–water partition coefficient (Wildman–Crippen LogP) is 2.78. The standard InChI is InChI=1S/C13H16ClF2NO3/c1-3-19-12-8(14)5-7(6-9(12)15)11(17)10(16)13(18)20-4-2/h5-6,10-11H,3-4,17H2,1-2H3/t10?,11-/m0/s1. The number of carbonyl (C=O) groups excluding carboxylic acids is 1. The maximum atomic E-state index is 13.8. The van der Waals surface area contributed by atoms with Crippen LogP contribution < -0.4 is 10.5 Å². The molecule has 0 saturated heterocycles. The zero-order chi connectivity index (χ0) is 15.3. The first-order valence-electron chi connectivity index (χ1n) is 6.10. The molecule has 0 radical (unpaired) electrons. The van der Waals surface area contributed by atoms with Crippen molar-refractivity contribution in [3.8, 4) is 5.75 Å². The van der Waals surface area contributed by atoms with Crippen molar-refractivity contribution in [2.45, 2.75) is 26.1 Å². The van der Waals surface area contributed by atoms with Gasteiger partial charge < -0.3 is 15.2 Å². The Kier molecular flexibility index (Phi) is 6.16. The molecular formula is C13H16ClF2NO3. The average Bonchev–Trinajstić information content (AvgIpc) is 2.41. The van der Waals surface area contributed by atoms with Crippen molar-refractivity contribution < 1.29 is 23.0 Å². The number of alkyl halides is 1. The van der Waals surface area contributed by atoms with E-state index < -0.39 is 24.0 Å². The summed E-state index contributed by atoms with van der Waals surface area (Å²) in [4.78, 5) is 11.3. The number of benzene rings is 1. The fourth-order valence-corrected chi connectivity index (χ4v) is 1.86. The maximum Gasteiger partial charge on any atom is 0.342 e. The number of rotatable bonds is 6. The van der Waals surface area contributed by atoms with Crippen LogP contribution in [0, 0.1) is 5.82 Å². The van der Waals surface area contributed by atoms with Gasteiger partial charge in [0.2, 0.25) is 6.17 Å². The van der Waals surface area contributed by atoms with Gasteiger partial charge in [-0.05, 0) is 31.5 Å². The Bertz CT molecular complexity index is 462. The molecule has 2 atom stereocenters. The molecule has 4 nitrogen and oxygen atoms in total. The Labute approximate surface area is 120 Å². The number of ether oxygens (including phenoxy) is 2. The van der Waals surface area contributed by atoms with Gasteiger partial charge in [-0.2, -0.15) is 0 Å². The molecule has 0 spiro atoms. The van der Waals surface area contributed by atoms with Crippen LogP contribution in [0.4, 0.5) is 8.78 Å². The van der Waals surface area contributed by atoms with Crippen LogP contribution in [0.1, 0.15) is 25.5 Å². The third-order valence-corrected chi connectivity index (χ3v) is 2.80. The molecule has 0 fully saturated rings. The molecule has 0 aliphatic rings. The highest BCUT2D eigenvalue weighted by molar-refractivity contribution is 6.32. The van der Waals surface area contributed by atoms with Crippen LogP contribution in [0.5, 0.6) is 5.75 Å². The molecule has 0 aromatic heterocycles. The van der Waals surface area contributed by atoms with Crippen LogP contribution in [0.2, 0.25) is 5.02 Å². The number of hydrogen-bond acceptors (Lipinski definition) is 4. The van der Waals surface area contributed by atoms with Crippen molar-refractivity contribution in [2.75, 3.05) is 13.2 Å². The van der Waals surface area contributed by atoms with Crippen LogP contribution in [0.25, 0.3) is 0 Å². The van der Waals surface area contributed by atoms with Crippen molar-refractivity contribution in [2.24, 2.45) is 5.73 Å². The minimum atomic E-state index is -2.09. The van der Waals surface area contributed by atoms with Gasteiger partial charge in [0.25, 0.3) is 0 Å². The quantitative estimate of drug-likeness (QED) is 0.821. The number of nitrogens with two attached hydrogens (primary N) is 1. The van der Waals surface area contributed by atoms with E-state index >= 15 is 0 Å². The predicted molar refractivity (Wildman–Crippen MR) is 71.0 cm³/mol.